The molecule has 1 aliphatic rings. The van der Waals surface area contributed by atoms with E-state index in [1.54, 1.807) is 12.4 Å². The van der Waals surface area contributed by atoms with Gasteiger partial charge >= 0.3 is 0 Å². The molecule has 32 heavy (non-hydrogen) atoms. The van der Waals surface area contributed by atoms with Crippen molar-refractivity contribution in [3.63, 3.8) is 0 Å². The first kappa shape index (κ1) is 21.7. The van der Waals surface area contributed by atoms with Crippen molar-refractivity contribution in [2.24, 2.45) is 0 Å². The number of piperazine rings is 1. The molecule has 2 heterocycles. The lowest BCUT2D eigenvalue weighted by Crippen LogP contribution is -2.50. The molecule has 1 atom stereocenters. The second kappa shape index (κ2) is 9.76. The van der Waals surface area contributed by atoms with Gasteiger partial charge in [-0.15, -0.1) is 0 Å². The van der Waals surface area contributed by atoms with Gasteiger partial charge in [-0.1, -0.05) is 73.7 Å². The SMILES string of the molecule is CC(CC(=O)N1CCN(C(C#N)c2cccnc2)CC1)(c1ccccc1)c1ccccc1. The summed E-state index contributed by atoms with van der Waals surface area (Å²) in [5.74, 6) is 0.148. The van der Waals surface area contributed by atoms with Crippen molar-refractivity contribution in [2.45, 2.75) is 24.8 Å². The molecule has 0 aliphatic carbocycles. The van der Waals surface area contributed by atoms with Crippen LogP contribution in [0.2, 0.25) is 0 Å². The predicted octanol–water partition coefficient (Wildman–Crippen LogP) is 4.19. The number of nitriles is 1. The number of carbonyl (C=O) groups excluding carboxylic acids is 1. The number of hydrogen-bond acceptors (Lipinski definition) is 4. The van der Waals surface area contributed by atoms with Gasteiger partial charge in [0.1, 0.15) is 6.04 Å². The van der Waals surface area contributed by atoms with Gasteiger partial charge < -0.3 is 4.90 Å². The fourth-order valence-corrected chi connectivity index (χ4v) is 4.53. The summed E-state index contributed by atoms with van der Waals surface area (Å²) in [5.41, 5.74) is 2.77. The highest BCUT2D eigenvalue weighted by Crippen LogP contribution is 2.36. The molecule has 5 nitrogen and oxygen atoms in total. The van der Waals surface area contributed by atoms with Gasteiger partial charge in [-0.05, 0) is 17.2 Å². The molecule has 2 aromatic carbocycles. The van der Waals surface area contributed by atoms with Crippen LogP contribution in [0.25, 0.3) is 0 Å². The van der Waals surface area contributed by atoms with Crippen LogP contribution in [-0.4, -0.2) is 46.9 Å². The van der Waals surface area contributed by atoms with Crippen LogP contribution in [0.5, 0.6) is 0 Å². The summed E-state index contributed by atoms with van der Waals surface area (Å²) < 4.78 is 0. The molecule has 1 unspecified atom stereocenters. The van der Waals surface area contributed by atoms with Crippen molar-refractivity contribution < 1.29 is 4.79 Å². The summed E-state index contributed by atoms with van der Waals surface area (Å²) in [6.07, 6.45) is 3.87. The van der Waals surface area contributed by atoms with Crippen molar-refractivity contribution in [3.05, 3.63) is 102 Å². The molecule has 1 saturated heterocycles. The van der Waals surface area contributed by atoms with Crippen LogP contribution in [0.4, 0.5) is 0 Å². The monoisotopic (exact) mass is 424 g/mol. The normalized spacial score (nSPS) is 15.7. The van der Waals surface area contributed by atoms with E-state index in [2.05, 4.69) is 47.1 Å². The first-order valence-electron chi connectivity index (χ1n) is 11.0. The largest absolute Gasteiger partial charge is 0.340 e. The molecule has 1 aromatic heterocycles. The van der Waals surface area contributed by atoms with E-state index in [1.165, 1.54) is 0 Å². The quantitative estimate of drug-likeness (QED) is 0.595. The Hall–Kier alpha value is -3.49. The molecule has 0 bridgehead atoms. The maximum atomic E-state index is 13.4. The van der Waals surface area contributed by atoms with E-state index < -0.39 is 5.41 Å². The Morgan fingerprint density at radius 1 is 0.969 bits per heavy atom. The van der Waals surface area contributed by atoms with Gasteiger partial charge in [0.15, 0.2) is 0 Å². The van der Waals surface area contributed by atoms with Crippen molar-refractivity contribution >= 4 is 5.91 Å². The topological polar surface area (TPSA) is 60.2 Å². The third-order valence-electron chi connectivity index (χ3n) is 6.48. The highest BCUT2D eigenvalue weighted by atomic mass is 16.2. The number of rotatable bonds is 6. The standard InChI is InChI=1S/C27H28N4O/c1-27(23-10-4-2-5-11-23,24-12-6-3-7-13-24)19-26(32)31-17-15-30(16-18-31)25(20-28)22-9-8-14-29-21-22/h2-14,21,25H,15-19H2,1H3. The van der Waals surface area contributed by atoms with Crippen LogP contribution >= 0.6 is 0 Å². The highest BCUT2D eigenvalue weighted by Gasteiger charge is 2.35. The minimum Gasteiger partial charge on any atom is -0.340 e. The van der Waals surface area contributed by atoms with Crippen molar-refractivity contribution in [1.82, 2.24) is 14.8 Å². The van der Waals surface area contributed by atoms with Crippen LogP contribution in [0.15, 0.2) is 85.2 Å². The van der Waals surface area contributed by atoms with Crippen LogP contribution in [-0.2, 0) is 10.2 Å². The lowest BCUT2D eigenvalue weighted by Gasteiger charge is -2.39. The van der Waals surface area contributed by atoms with Crippen molar-refractivity contribution in [3.8, 4) is 6.07 Å². The van der Waals surface area contributed by atoms with Gasteiger partial charge in [-0.2, -0.15) is 5.26 Å². The highest BCUT2D eigenvalue weighted by molar-refractivity contribution is 5.79. The third kappa shape index (κ3) is 4.56. The summed E-state index contributed by atoms with van der Waals surface area (Å²) in [6, 6.07) is 26.4. The molecule has 1 amide bonds. The second-order valence-corrected chi connectivity index (χ2v) is 8.48. The van der Waals surface area contributed by atoms with Crippen molar-refractivity contribution in [1.29, 1.82) is 5.26 Å². The average Bonchev–Trinajstić information content (AvgIpc) is 2.86. The first-order chi connectivity index (χ1) is 15.6. The Labute approximate surface area is 189 Å². The van der Waals surface area contributed by atoms with Gasteiger partial charge in [0, 0.05) is 56.0 Å². The molecule has 0 radical (unpaired) electrons. The Morgan fingerprint density at radius 2 is 1.56 bits per heavy atom. The molecule has 1 fully saturated rings. The van der Waals surface area contributed by atoms with Gasteiger partial charge in [0.25, 0.3) is 0 Å². The second-order valence-electron chi connectivity index (χ2n) is 8.48. The number of amides is 1. The lowest BCUT2D eigenvalue weighted by atomic mass is 9.73. The summed E-state index contributed by atoms with van der Waals surface area (Å²) in [5, 5.41) is 9.71. The number of nitrogens with zero attached hydrogens (tertiary/aromatic N) is 4. The minimum atomic E-state index is -0.401. The van der Waals surface area contributed by atoms with E-state index in [4.69, 9.17) is 0 Å². The molecule has 1 aliphatic heterocycles. The number of aromatic nitrogens is 1. The zero-order valence-electron chi connectivity index (χ0n) is 18.4. The lowest BCUT2D eigenvalue weighted by molar-refractivity contribution is -0.134. The summed E-state index contributed by atoms with van der Waals surface area (Å²) >= 11 is 0. The molecule has 0 saturated carbocycles. The molecule has 0 spiro atoms. The van der Waals surface area contributed by atoms with Crippen LogP contribution in [0, 0.1) is 11.3 Å². The molecular formula is C27H28N4O. The van der Waals surface area contributed by atoms with E-state index in [1.807, 2.05) is 53.4 Å². The molecule has 5 heteroatoms. The van der Waals surface area contributed by atoms with Crippen LogP contribution in [0.3, 0.4) is 0 Å². The Morgan fingerprint density at radius 3 is 2.06 bits per heavy atom. The fraction of sp³-hybridized carbons (Fsp3) is 0.296. The van der Waals surface area contributed by atoms with Gasteiger partial charge in [-0.3, -0.25) is 14.7 Å². The van der Waals surface area contributed by atoms with Crippen molar-refractivity contribution in [2.75, 3.05) is 26.2 Å². The first-order valence-corrected chi connectivity index (χ1v) is 11.0. The Balaban J connectivity index is 1.47. The number of hydrogen-bond donors (Lipinski definition) is 0. The van der Waals surface area contributed by atoms with E-state index in [0.717, 1.165) is 16.7 Å². The Bertz CT molecular complexity index is 1020. The number of carbonyl (C=O) groups is 1. The smallest absolute Gasteiger partial charge is 0.223 e. The number of pyridine rings is 1. The maximum absolute atomic E-state index is 13.4. The van der Waals surface area contributed by atoms with Crippen LogP contribution < -0.4 is 0 Å². The van der Waals surface area contributed by atoms with Gasteiger partial charge in [0.05, 0.1) is 6.07 Å². The molecular weight excluding hydrogens is 396 g/mol. The molecule has 4 rings (SSSR count). The van der Waals surface area contributed by atoms with E-state index in [0.29, 0.717) is 32.6 Å². The van der Waals surface area contributed by atoms with Gasteiger partial charge in [0.2, 0.25) is 5.91 Å². The fourth-order valence-electron chi connectivity index (χ4n) is 4.53. The predicted molar refractivity (Wildman–Crippen MR) is 125 cm³/mol. The summed E-state index contributed by atoms with van der Waals surface area (Å²) in [7, 11) is 0. The maximum Gasteiger partial charge on any atom is 0.223 e. The van der Waals surface area contributed by atoms with Gasteiger partial charge in [-0.25, -0.2) is 0 Å². The third-order valence-corrected chi connectivity index (χ3v) is 6.48. The minimum absolute atomic E-state index is 0.148. The summed E-state index contributed by atoms with van der Waals surface area (Å²) in [4.78, 5) is 21.6. The molecule has 0 N–H and O–H groups in total. The summed E-state index contributed by atoms with van der Waals surface area (Å²) in [6.45, 7) is 4.74. The zero-order valence-corrected chi connectivity index (χ0v) is 18.4. The Kier molecular flexibility index (Phi) is 6.63. The van der Waals surface area contributed by atoms with Crippen LogP contribution in [0.1, 0.15) is 36.1 Å². The van der Waals surface area contributed by atoms with E-state index in [-0.39, 0.29) is 11.9 Å². The van der Waals surface area contributed by atoms with E-state index >= 15 is 0 Å². The number of benzene rings is 2. The average molecular weight is 425 g/mol. The molecule has 162 valence electrons. The zero-order chi connectivity index (χ0) is 22.4. The van der Waals surface area contributed by atoms with E-state index in [9.17, 15) is 10.1 Å². The molecule has 3 aromatic rings.